The monoisotopic (exact) mass is 230 g/mol. The fraction of sp³-hybridized carbons (Fsp3) is 0.200. The summed E-state index contributed by atoms with van der Waals surface area (Å²) in [6, 6.07) is 6.94. The van der Waals surface area contributed by atoms with Gasteiger partial charge in [0.15, 0.2) is 0 Å². The minimum atomic E-state index is -1.35. The van der Waals surface area contributed by atoms with Crippen LogP contribution in [0.3, 0.4) is 0 Å². The summed E-state index contributed by atoms with van der Waals surface area (Å²) in [6.07, 6.45) is 0.159. The normalized spacial score (nSPS) is 11.0. The first-order valence-electron chi connectivity index (χ1n) is 4.40. The van der Waals surface area contributed by atoms with Crippen molar-refractivity contribution in [2.75, 3.05) is 0 Å². The zero-order valence-corrected chi connectivity index (χ0v) is 11.0. The molecule has 0 spiro atoms. The molecule has 0 aliphatic rings. The Morgan fingerprint density at radius 3 is 2.31 bits per heavy atom. The van der Waals surface area contributed by atoms with Crippen LogP contribution in [0, 0.1) is 0 Å². The molecule has 1 aromatic carbocycles. The maximum absolute atomic E-state index is 10.7. The van der Waals surface area contributed by atoms with Gasteiger partial charge in [-0.05, 0) is 12.0 Å². The quantitative estimate of drug-likeness (QED) is 0.516. The molecular weight excluding hydrogens is 219 g/mol. The van der Waals surface area contributed by atoms with Gasteiger partial charge in [-0.2, -0.15) is 0 Å². The average molecular weight is 230 g/mol. The molecular formula is C10H11N2NaO3. The van der Waals surface area contributed by atoms with E-state index in [0.717, 1.165) is 5.56 Å². The van der Waals surface area contributed by atoms with E-state index in [1.807, 2.05) is 6.07 Å². The van der Waals surface area contributed by atoms with Crippen LogP contribution in [0.15, 0.2) is 30.3 Å². The topological polar surface area (TPSA) is 95.2 Å². The molecule has 0 aliphatic heterocycles. The number of primary amides is 1. The van der Waals surface area contributed by atoms with Gasteiger partial charge in [0.2, 0.25) is 0 Å². The fourth-order valence-electron chi connectivity index (χ4n) is 1.21. The Kier molecular flexibility index (Phi) is 6.80. The molecule has 80 valence electrons. The number of carboxylic acid groups (broad SMARTS) is 1. The minimum absolute atomic E-state index is 0. The zero-order valence-electron chi connectivity index (χ0n) is 8.97. The molecule has 5 nitrogen and oxygen atoms in total. The fourth-order valence-corrected chi connectivity index (χ4v) is 1.21. The Morgan fingerprint density at radius 1 is 1.31 bits per heavy atom. The van der Waals surface area contributed by atoms with Crippen LogP contribution in [-0.4, -0.2) is 18.0 Å². The molecule has 16 heavy (non-hydrogen) atoms. The summed E-state index contributed by atoms with van der Waals surface area (Å²) >= 11 is 0. The van der Waals surface area contributed by atoms with Gasteiger partial charge in [-0.25, -0.2) is 4.79 Å². The third-order valence-electron chi connectivity index (χ3n) is 1.88. The van der Waals surface area contributed by atoms with E-state index in [0.29, 0.717) is 0 Å². The van der Waals surface area contributed by atoms with E-state index in [4.69, 9.17) is 5.73 Å². The zero-order chi connectivity index (χ0) is 11.3. The third kappa shape index (κ3) is 5.16. The van der Waals surface area contributed by atoms with Crippen molar-refractivity contribution >= 4 is 12.0 Å². The molecule has 0 saturated heterocycles. The number of hydrogen-bond acceptors (Lipinski definition) is 3. The summed E-state index contributed by atoms with van der Waals surface area (Å²) in [5.74, 6) is -1.35. The molecule has 0 unspecified atom stereocenters. The summed E-state index contributed by atoms with van der Waals surface area (Å²) in [5.41, 5.74) is 5.64. The van der Waals surface area contributed by atoms with Gasteiger partial charge in [-0.1, -0.05) is 30.3 Å². The van der Waals surface area contributed by atoms with Crippen molar-refractivity contribution in [3.05, 3.63) is 35.9 Å². The Bertz CT molecular complexity index is 356. The van der Waals surface area contributed by atoms with Gasteiger partial charge in [0.1, 0.15) is 0 Å². The summed E-state index contributed by atoms with van der Waals surface area (Å²) in [7, 11) is 0. The van der Waals surface area contributed by atoms with E-state index >= 15 is 0 Å². The second kappa shape index (κ2) is 7.27. The molecule has 1 aromatic rings. The van der Waals surface area contributed by atoms with E-state index < -0.39 is 18.0 Å². The second-order valence-corrected chi connectivity index (χ2v) is 3.07. The number of nitrogens with one attached hydrogen (secondary N) is 1. The van der Waals surface area contributed by atoms with Crippen molar-refractivity contribution in [3.8, 4) is 0 Å². The maximum Gasteiger partial charge on any atom is 1.00 e. The summed E-state index contributed by atoms with van der Waals surface area (Å²) < 4.78 is 0. The van der Waals surface area contributed by atoms with Crippen molar-refractivity contribution in [3.63, 3.8) is 0 Å². The smallest absolute Gasteiger partial charge is 0.548 e. The van der Waals surface area contributed by atoms with Gasteiger partial charge in [0.25, 0.3) is 0 Å². The van der Waals surface area contributed by atoms with E-state index in [2.05, 4.69) is 5.32 Å². The SMILES string of the molecule is NC(=O)N[C@@H](Cc1ccccc1)C(=O)[O-].[Na+]. The third-order valence-corrected chi connectivity index (χ3v) is 1.88. The van der Waals surface area contributed by atoms with Gasteiger partial charge >= 0.3 is 35.6 Å². The molecule has 0 radical (unpaired) electrons. The second-order valence-electron chi connectivity index (χ2n) is 3.07. The number of urea groups is 1. The van der Waals surface area contributed by atoms with Crippen molar-refractivity contribution < 1.29 is 44.3 Å². The number of rotatable bonds is 4. The van der Waals surface area contributed by atoms with Crippen molar-refractivity contribution in [2.24, 2.45) is 5.73 Å². The van der Waals surface area contributed by atoms with E-state index in [-0.39, 0.29) is 36.0 Å². The van der Waals surface area contributed by atoms with E-state index in [1.54, 1.807) is 24.3 Å². The molecule has 6 heteroatoms. The number of benzene rings is 1. The van der Waals surface area contributed by atoms with Crippen LogP contribution in [0.5, 0.6) is 0 Å². The summed E-state index contributed by atoms with van der Waals surface area (Å²) in [5, 5.41) is 12.8. The number of carbonyl (C=O) groups is 2. The van der Waals surface area contributed by atoms with Crippen LogP contribution < -0.4 is 45.7 Å². The Balaban J connectivity index is 0.00000225. The molecule has 0 aliphatic carbocycles. The maximum atomic E-state index is 10.7. The van der Waals surface area contributed by atoms with Crippen LogP contribution in [0.2, 0.25) is 0 Å². The van der Waals surface area contributed by atoms with Gasteiger partial charge in [0, 0.05) is 0 Å². The van der Waals surface area contributed by atoms with Crippen LogP contribution in [-0.2, 0) is 11.2 Å². The minimum Gasteiger partial charge on any atom is -0.548 e. The largest absolute Gasteiger partial charge is 1.00 e. The number of nitrogens with two attached hydrogens (primary N) is 1. The molecule has 0 bridgehead atoms. The van der Waals surface area contributed by atoms with Crippen molar-refractivity contribution in [1.82, 2.24) is 5.32 Å². The average Bonchev–Trinajstić information content (AvgIpc) is 2.17. The molecule has 1 atom stereocenters. The van der Waals surface area contributed by atoms with E-state index in [9.17, 15) is 14.7 Å². The van der Waals surface area contributed by atoms with Crippen LogP contribution in [0.1, 0.15) is 5.56 Å². The van der Waals surface area contributed by atoms with Crippen LogP contribution in [0.4, 0.5) is 4.79 Å². The van der Waals surface area contributed by atoms with Gasteiger partial charge in [-0.15, -0.1) is 0 Å². The number of aliphatic carboxylic acids is 1. The summed E-state index contributed by atoms with van der Waals surface area (Å²) in [6.45, 7) is 0. The molecule has 0 saturated carbocycles. The molecule has 1 rings (SSSR count). The first-order valence-corrected chi connectivity index (χ1v) is 4.40. The van der Waals surface area contributed by atoms with E-state index in [1.165, 1.54) is 0 Å². The molecule has 0 aromatic heterocycles. The predicted molar refractivity (Wildman–Crippen MR) is 51.7 cm³/mol. The molecule has 3 N–H and O–H groups in total. The van der Waals surface area contributed by atoms with Crippen molar-refractivity contribution in [2.45, 2.75) is 12.5 Å². The standard InChI is InChI=1S/C10H12N2O3.Na/c11-10(15)12-8(9(13)14)6-7-4-2-1-3-5-7;/h1-5,8H,6H2,(H,13,14)(H3,11,12,15);/q;+1/p-1/t8-;/m0./s1. The molecule has 2 amide bonds. The van der Waals surface area contributed by atoms with Gasteiger partial charge in [0.05, 0.1) is 12.0 Å². The Morgan fingerprint density at radius 2 is 1.88 bits per heavy atom. The molecule has 0 fully saturated rings. The number of carboxylic acids is 1. The first-order chi connectivity index (χ1) is 7.09. The van der Waals surface area contributed by atoms with Crippen LogP contribution in [0.25, 0.3) is 0 Å². The summed E-state index contributed by atoms with van der Waals surface area (Å²) in [4.78, 5) is 21.2. The Hall–Kier alpha value is -1.04. The number of amides is 2. The first kappa shape index (κ1) is 15.0. The predicted octanol–water partition coefficient (Wildman–Crippen LogP) is -3.98. The number of hydrogen-bond donors (Lipinski definition) is 2. The van der Waals surface area contributed by atoms with Gasteiger partial charge < -0.3 is 21.0 Å². The molecule has 0 heterocycles. The van der Waals surface area contributed by atoms with Crippen molar-refractivity contribution in [1.29, 1.82) is 0 Å². The Labute approximate surface area is 115 Å². The van der Waals surface area contributed by atoms with Gasteiger partial charge in [-0.3, -0.25) is 0 Å². The van der Waals surface area contributed by atoms with Crippen LogP contribution >= 0.6 is 0 Å². The number of carbonyl (C=O) groups excluding carboxylic acids is 2.